The third-order valence-corrected chi connectivity index (χ3v) is 3.56. The van der Waals surface area contributed by atoms with Gasteiger partial charge >= 0.3 is 0 Å². The molecule has 0 saturated carbocycles. The molecule has 1 aromatic rings. The second kappa shape index (κ2) is 10.5. The normalized spacial score (nSPS) is 11.0. The molecule has 2 N–H and O–H groups in total. The fraction of sp³-hybridized carbons (Fsp3) is 0.667. The molecule has 120 valence electrons. The molecule has 0 radical (unpaired) electrons. The smallest absolute Gasteiger partial charge is 0.142 e. The molecule has 0 aliphatic carbocycles. The minimum atomic E-state index is 0.729. The number of nitrogens with zero attached hydrogens (tertiary/aromatic N) is 1. The predicted molar refractivity (Wildman–Crippen MR) is 92.0 cm³/mol. The zero-order valence-corrected chi connectivity index (χ0v) is 14.0. The average Bonchev–Trinajstić information content (AvgIpc) is 2.47. The number of nitrogens with two attached hydrogens (primary N) is 1. The molecule has 0 heterocycles. The molecular weight excluding hydrogens is 260 g/mol. The van der Waals surface area contributed by atoms with Crippen molar-refractivity contribution < 1.29 is 4.74 Å². The molecule has 0 spiro atoms. The highest BCUT2D eigenvalue weighted by Crippen LogP contribution is 2.23. The number of nitrogen functional groups attached to an aromatic ring is 1. The molecule has 0 amide bonds. The molecule has 1 rings (SSSR count). The lowest BCUT2D eigenvalue weighted by Crippen LogP contribution is -2.26. The van der Waals surface area contributed by atoms with Crippen molar-refractivity contribution >= 4 is 5.69 Å². The predicted octanol–water partition coefficient (Wildman–Crippen LogP) is 4.11. The number of benzene rings is 1. The first-order valence-corrected chi connectivity index (χ1v) is 8.44. The first kappa shape index (κ1) is 17.8. The number of rotatable bonds is 11. The van der Waals surface area contributed by atoms with E-state index in [4.69, 9.17) is 10.5 Å². The van der Waals surface area contributed by atoms with E-state index in [1.54, 1.807) is 0 Å². The number of hydrogen-bond acceptors (Lipinski definition) is 3. The van der Waals surface area contributed by atoms with Crippen molar-refractivity contribution in [1.82, 2.24) is 4.90 Å². The summed E-state index contributed by atoms with van der Waals surface area (Å²) in [4.78, 5) is 2.56. The fourth-order valence-electron chi connectivity index (χ4n) is 2.57. The summed E-state index contributed by atoms with van der Waals surface area (Å²) in [6, 6.07) is 6.22. The summed E-state index contributed by atoms with van der Waals surface area (Å²) in [6.45, 7) is 10.9. The van der Waals surface area contributed by atoms with E-state index in [0.717, 1.165) is 30.9 Å². The molecule has 21 heavy (non-hydrogen) atoms. The summed E-state index contributed by atoms with van der Waals surface area (Å²) < 4.78 is 5.61. The van der Waals surface area contributed by atoms with Gasteiger partial charge in [0.15, 0.2) is 0 Å². The van der Waals surface area contributed by atoms with Crippen LogP contribution in [0.5, 0.6) is 5.75 Å². The fourth-order valence-corrected chi connectivity index (χ4v) is 2.57. The monoisotopic (exact) mass is 292 g/mol. The molecule has 0 fully saturated rings. The molecular formula is C18H32N2O. The number of ether oxygens (including phenoxy) is 1. The van der Waals surface area contributed by atoms with Crippen LogP contribution in [0.1, 0.15) is 52.0 Å². The summed E-state index contributed by atoms with van der Waals surface area (Å²) >= 11 is 0. The SMILES string of the molecule is CCCOc1ccc(CCCN(CCC)CCC)cc1N. The van der Waals surface area contributed by atoms with Crippen molar-refractivity contribution in [2.45, 2.75) is 52.9 Å². The highest BCUT2D eigenvalue weighted by atomic mass is 16.5. The zero-order chi connectivity index (χ0) is 15.5. The first-order chi connectivity index (χ1) is 10.2. The van der Waals surface area contributed by atoms with Crippen LogP contribution in [0, 0.1) is 0 Å². The van der Waals surface area contributed by atoms with Crippen molar-refractivity contribution in [1.29, 1.82) is 0 Å². The lowest BCUT2D eigenvalue weighted by Gasteiger charge is -2.20. The highest BCUT2D eigenvalue weighted by molar-refractivity contribution is 5.54. The molecule has 1 aromatic carbocycles. The van der Waals surface area contributed by atoms with E-state index in [0.29, 0.717) is 0 Å². The summed E-state index contributed by atoms with van der Waals surface area (Å²) in [7, 11) is 0. The Morgan fingerprint density at radius 2 is 1.71 bits per heavy atom. The Morgan fingerprint density at radius 3 is 2.29 bits per heavy atom. The molecule has 3 heteroatoms. The van der Waals surface area contributed by atoms with Crippen LogP contribution in [0.15, 0.2) is 18.2 Å². The zero-order valence-electron chi connectivity index (χ0n) is 14.0. The van der Waals surface area contributed by atoms with Crippen LogP contribution in [0.2, 0.25) is 0 Å². The van der Waals surface area contributed by atoms with E-state index < -0.39 is 0 Å². The van der Waals surface area contributed by atoms with Crippen LogP contribution in [-0.2, 0) is 6.42 Å². The van der Waals surface area contributed by atoms with E-state index in [-0.39, 0.29) is 0 Å². The van der Waals surface area contributed by atoms with Gasteiger partial charge in [0.25, 0.3) is 0 Å². The standard InChI is InChI=1S/C18H32N2O/c1-4-11-20(12-5-2)13-7-8-16-9-10-18(17(19)15-16)21-14-6-3/h9-10,15H,4-8,11-14,19H2,1-3H3. The molecule has 0 aliphatic rings. The number of aryl methyl sites for hydroxylation is 1. The van der Waals surface area contributed by atoms with Gasteiger partial charge in [-0.05, 0) is 69.4 Å². The Morgan fingerprint density at radius 1 is 1.00 bits per heavy atom. The summed E-state index contributed by atoms with van der Waals surface area (Å²) in [6.07, 6.45) is 5.75. The van der Waals surface area contributed by atoms with Gasteiger partial charge < -0.3 is 15.4 Å². The minimum Gasteiger partial charge on any atom is -0.491 e. The van der Waals surface area contributed by atoms with E-state index in [9.17, 15) is 0 Å². The summed E-state index contributed by atoms with van der Waals surface area (Å²) in [5, 5.41) is 0. The lowest BCUT2D eigenvalue weighted by molar-refractivity contribution is 0.271. The molecule has 0 atom stereocenters. The van der Waals surface area contributed by atoms with Crippen molar-refractivity contribution in [3.63, 3.8) is 0 Å². The van der Waals surface area contributed by atoms with Crippen LogP contribution in [-0.4, -0.2) is 31.1 Å². The van der Waals surface area contributed by atoms with Crippen LogP contribution in [0.3, 0.4) is 0 Å². The quantitative estimate of drug-likeness (QED) is 0.624. The van der Waals surface area contributed by atoms with Crippen molar-refractivity contribution in [2.24, 2.45) is 0 Å². The van der Waals surface area contributed by atoms with E-state index in [2.05, 4.69) is 37.8 Å². The van der Waals surface area contributed by atoms with Gasteiger partial charge in [0.05, 0.1) is 12.3 Å². The first-order valence-electron chi connectivity index (χ1n) is 8.44. The second-order valence-electron chi connectivity index (χ2n) is 5.67. The van der Waals surface area contributed by atoms with Crippen molar-refractivity contribution in [2.75, 3.05) is 32.0 Å². The van der Waals surface area contributed by atoms with Gasteiger partial charge in [-0.2, -0.15) is 0 Å². The Hall–Kier alpha value is -1.22. The maximum atomic E-state index is 6.05. The molecule has 3 nitrogen and oxygen atoms in total. The van der Waals surface area contributed by atoms with Gasteiger partial charge in [0.2, 0.25) is 0 Å². The Bertz CT molecular complexity index is 387. The van der Waals surface area contributed by atoms with Gasteiger partial charge in [-0.1, -0.05) is 26.8 Å². The van der Waals surface area contributed by atoms with Crippen molar-refractivity contribution in [3.05, 3.63) is 23.8 Å². The lowest BCUT2D eigenvalue weighted by atomic mass is 10.1. The van der Waals surface area contributed by atoms with Crippen molar-refractivity contribution in [3.8, 4) is 5.75 Å². The molecule has 0 bridgehead atoms. The maximum Gasteiger partial charge on any atom is 0.142 e. The number of anilines is 1. The average molecular weight is 292 g/mol. The van der Waals surface area contributed by atoms with Crippen LogP contribution < -0.4 is 10.5 Å². The second-order valence-corrected chi connectivity index (χ2v) is 5.67. The third-order valence-electron chi connectivity index (χ3n) is 3.56. The van der Waals surface area contributed by atoms with E-state index in [1.165, 1.54) is 44.5 Å². The number of hydrogen-bond donors (Lipinski definition) is 1. The van der Waals surface area contributed by atoms with Gasteiger partial charge in [0.1, 0.15) is 5.75 Å². The minimum absolute atomic E-state index is 0.729. The van der Waals surface area contributed by atoms with Crippen LogP contribution >= 0.6 is 0 Å². The van der Waals surface area contributed by atoms with E-state index >= 15 is 0 Å². The van der Waals surface area contributed by atoms with Crippen LogP contribution in [0.25, 0.3) is 0 Å². The summed E-state index contributed by atoms with van der Waals surface area (Å²) in [5.41, 5.74) is 8.13. The topological polar surface area (TPSA) is 38.5 Å². The van der Waals surface area contributed by atoms with Gasteiger partial charge in [-0.25, -0.2) is 0 Å². The van der Waals surface area contributed by atoms with Crippen LogP contribution in [0.4, 0.5) is 5.69 Å². The van der Waals surface area contributed by atoms with Gasteiger partial charge in [0, 0.05) is 0 Å². The highest BCUT2D eigenvalue weighted by Gasteiger charge is 2.05. The Kier molecular flexibility index (Phi) is 8.91. The van der Waals surface area contributed by atoms with Gasteiger partial charge in [-0.15, -0.1) is 0 Å². The largest absolute Gasteiger partial charge is 0.491 e. The molecule has 0 aliphatic heterocycles. The van der Waals surface area contributed by atoms with Gasteiger partial charge in [-0.3, -0.25) is 0 Å². The summed E-state index contributed by atoms with van der Waals surface area (Å²) in [5.74, 6) is 0.819. The molecule has 0 saturated heterocycles. The van der Waals surface area contributed by atoms with E-state index in [1.807, 2.05) is 6.07 Å². The molecule has 0 aromatic heterocycles. The third kappa shape index (κ3) is 6.85. The molecule has 0 unspecified atom stereocenters. The Labute approximate surface area is 130 Å². The Balaban J connectivity index is 2.42. The maximum absolute atomic E-state index is 6.05.